The summed E-state index contributed by atoms with van der Waals surface area (Å²) in [5.41, 5.74) is -1.37. The quantitative estimate of drug-likeness (QED) is 0.723. The number of hydrogen-bond donors (Lipinski definition) is 0. The van der Waals surface area contributed by atoms with Crippen molar-refractivity contribution in [2.45, 2.75) is 24.9 Å². The second-order valence-electron chi connectivity index (χ2n) is 4.04. The van der Waals surface area contributed by atoms with Crippen molar-refractivity contribution < 1.29 is 17.6 Å². The molecule has 0 aromatic carbocycles. The molecule has 1 saturated carbocycles. The molecular formula is C10H7F4N3. The first-order valence-corrected chi connectivity index (χ1v) is 5.09. The van der Waals surface area contributed by atoms with Crippen LogP contribution in [0.15, 0.2) is 12.1 Å². The molecule has 1 fully saturated rings. The Bertz CT molecular complexity index is 583. The molecule has 3 rings (SSSR count). The largest absolute Gasteiger partial charge is 0.436 e. The molecule has 3 nitrogen and oxygen atoms in total. The maximum Gasteiger partial charge on any atom is 0.436 e. The van der Waals surface area contributed by atoms with E-state index in [1.165, 1.54) is 6.07 Å². The first kappa shape index (κ1) is 10.5. The highest BCUT2D eigenvalue weighted by atomic mass is 19.4. The van der Waals surface area contributed by atoms with Gasteiger partial charge in [0.15, 0.2) is 23.0 Å². The molecule has 0 atom stereocenters. The van der Waals surface area contributed by atoms with Crippen molar-refractivity contribution in [3.63, 3.8) is 0 Å². The van der Waals surface area contributed by atoms with Gasteiger partial charge in [0.25, 0.3) is 0 Å². The molecule has 1 aliphatic rings. The lowest BCUT2D eigenvalue weighted by atomic mass is 10.3. The van der Waals surface area contributed by atoms with Gasteiger partial charge in [-0.25, -0.2) is 13.9 Å². The molecular weight excluding hydrogens is 238 g/mol. The monoisotopic (exact) mass is 245 g/mol. The van der Waals surface area contributed by atoms with Gasteiger partial charge < -0.3 is 0 Å². The third kappa shape index (κ3) is 1.65. The molecule has 2 aromatic rings. The molecule has 0 radical (unpaired) electrons. The van der Waals surface area contributed by atoms with Crippen LogP contribution < -0.4 is 0 Å². The van der Waals surface area contributed by atoms with Crippen molar-refractivity contribution in [3.8, 4) is 0 Å². The summed E-state index contributed by atoms with van der Waals surface area (Å²) in [6.07, 6.45) is -3.03. The van der Waals surface area contributed by atoms with Gasteiger partial charge in [0.2, 0.25) is 0 Å². The smallest absolute Gasteiger partial charge is 0.212 e. The van der Waals surface area contributed by atoms with E-state index in [1.54, 1.807) is 0 Å². The van der Waals surface area contributed by atoms with Crippen molar-refractivity contribution in [2.75, 3.05) is 0 Å². The molecule has 17 heavy (non-hydrogen) atoms. The van der Waals surface area contributed by atoms with E-state index in [2.05, 4.69) is 10.1 Å². The number of nitrogens with zero attached hydrogens (tertiary/aromatic N) is 3. The van der Waals surface area contributed by atoms with E-state index < -0.39 is 17.7 Å². The van der Waals surface area contributed by atoms with Crippen LogP contribution in [0.4, 0.5) is 17.6 Å². The maximum atomic E-state index is 13.2. The van der Waals surface area contributed by atoms with E-state index in [1.807, 2.05) is 0 Å². The lowest BCUT2D eigenvalue weighted by molar-refractivity contribution is -0.145. The summed E-state index contributed by atoms with van der Waals surface area (Å²) in [5.74, 6) is -0.850. The van der Waals surface area contributed by atoms with Crippen LogP contribution >= 0.6 is 0 Å². The highest BCUT2D eigenvalue weighted by Gasteiger charge is 2.39. The SMILES string of the molecule is Fc1ccc2nc(C3CC3)nn2c1C(F)(F)F. The van der Waals surface area contributed by atoms with Crippen LogP contribution in [0.25, 0.3) is 5.65 Å². The van der Waals surface area contributed by atoms with E-state index in [0.717, 1.165) is 18.9 Å². The van der Waals surface area contributed by atoms with Gasteiger partial charge in [-0.3, -0.25) is 0 Å². The van der Waals surface area contributed by atoms with E-state index in [-0.39, 0.29) is 11.6 Å². The van der Waals surface area contributed by atoms with Crippen molar-refractivity contribution in [1.29, 1.82) is 0 Å². The third-order valence-electron chi connectivity index (χ3n) is 2.68. The number of alkyl halides is 3. The maximum absolute atomic E-state index is 13.2. The summed E-state index contributed by atoms with van der Waals surface area (Å²) in [7, 11) is 0. The number of hydrogen-bond acceptors (Lipinski definition) is 2. The Labute approximate surface area is 93.1 Å². The molecule has 2 heterocycles. The fourth-order valence-electron chi connectivity index (χ4n) is 1.71. The van der Waals surface area contributed by atoms with E-state index in [0.29, 0.717) is 10.3 Å². The Hall–Kier alpha value is -1.66. The summed E-state index contributed by atoms with van der Waals surface area (Å²) >= 11 is 0. The molecule has 0 aliphatic heterocycles. The Morgan fingerprint density at radius 1 is 1.24 bits per heavy atom. The minimum Gasteiger partial charge on any atom is -0.212 e. The molecule has 90 valence electrons. The molecule has 7 heteroatoms. The zero-order chi connectivity index (χ0) is 12.2. The normalized spacial score (nSPS) is 16.7. The molecule has 0 amide bonds. The Kier molecular flexibility index (Phi) is 1.96. The summed E-state index contributed by atoms with van der Waals surface area (Å²) in [4.78, 5) is 3.98. The van der Waals surface area contributed by atoms with Crippen LogP contribution in [0, 0.1) is 5.82 Å². The number of aromatic nitrogens is 3. The van der Waals surface area contributed by atoms with Crippen LogP contribution in [-0.4, -0.2) is 14.6 Å². The molecule has 0 N–H and O–H groups in total. The Balaban J connectivity index is 2.27. The van der Waals surface area contributed by atoms with Crippen molar-refractivity contribution >= 4 is 5.65 Å². The van der Waals surface area contributed by atoms with E-state index >= 15 is 0 Å². The van der Waals surface area contributed by atoms with Gasteiger partial charge in [-0.05, 0) is 25.0 Å². The molecule has 0 spiro atoms. The lowest BCUT2D eigenvalue weighted by Crippen LogP contribution is -2.15. The van der Waals surface area contributed by atoms with Gasteiger partial charge in [-0.15, -0.1) is 0 Å². The Morgan fingerprint density at radius 2 is 1.94 bits per heavy atom. The fraction of sp³-hybridized carbons (Fsp3) is 0.400. The van der Waals surface area contributed by atoms with Crippen molar-refractivity contribution in [3.05, 3.63) is 29.5 Å². The average molecular weight is 245 g/mol. The first-order chi connectivity index (χ1) is 7.97. The zero-order valence-corrected chi connectivity index (χ0v) is 8.50. The standard InChI is InChI=1S/C10H7F4N3/c11-6-3-4-7-15-9(5-1-2-5)16-17(7)8(6)10(12,13)14/h3-5H,1-2H2. The first-order valence-electron chi connectivity index (χ1n) is 5.09. The summed E-state index contributed by atoms with van der Waals surface area (Å²) in [5, 5.41) is 3.75. The zero-order valence-electron chi connectivity index (χ0n) is 8.50. The van der Waals surface area contributed by atoms with Crippen LogP contribution in [-0.2, 0) is 6.18 Å². The van der Waals surface area contributed by atoms with E-state index in [4.69, 9.17) is 0 Å². The Morgan fingerprint density at radius 3 is 2.53 bits per heavy atom. The number of fused-ring (bicyclic) bond motifs is 1. The van der Waals surface area contributed by atoms with Crippen molar-refractivity contribution in [1.82, 2.24) is 14.6 Å². The lowest BCUT2D eigenvalue weighted by Gasteiger charge is -2.08. The van der Waals surface area contributed by atoms with Gasteiger partial charge in [0.05, 0.1) is 0 Å². The molecule has 2 aromatic heterocycles. The minimum absolute atomic E-state index is 0.0284. The highest BCUT2D eigenvalue weighted by molar-refractivity contribution is 5.41. The average Bonchev–Trinajstić information content (AvgIpc) is 2.97. The second kappa shape index (κ2) is 3.18. The van der Waals surface area contributed by atoms with Crippen LogP contribution in [0.3, 0.4) is 0 Å². The second-order valence-corrected chi connectivity index (χ2v) is 4.04. The third-order valence-corrected chi connectivity index (χ3v) is 2.68. The van der Waals surface area contributed by atoms with Crippen LogP contribution in [0.5, 0.6) is 0 Å². The predicted molar refractivity (Wildman–Crippen MR) is 49.9 cm³/mol. The van der Waals surface area contributed by atoms with Gasteiger partial charge in [-0.1, -0.05) is 0 Å². The van der Waals surface area contributed by atoms with E-state index in [9.17, 15) is 17.6 Å². The minimum atomic E-state index is -4.78. The topological polar surface area (TPSA) is 30.2 Å². The highest BCUT2D eigenvalue weighted by Crippen LogP contribution is 2.39. The van der Waals surface area contributed by atoms with Crippen LogP contribution in [0.2, 0.25) is 0 Å². The number of pyridine rings is 1. The molecule has 0 saturated heterocycles. The summed E-state index contributed by atoms with van der Waals surface area (Å²) < 4.78 is 51.8. The van der Waals surface area contributed by atoms with Gasteiger partial charge in [0.1, 0.15) is 0 Å². The van der Waals surface area contributed by atoms with Crippen LogP contribution in [0.1, 0.15) is 30.3 Å². The van der Waals surface area contributed by atoms with Gasteiger partial charge in [-0.2, -0.15) is 18.3 Å². The predicted octanol–water partition coefficient (Wildman–Crippen LogP) is 2.76. The number of rotatable bonds is 1. The fourth-order valence-corrected chi connectivity index (χ4v) is 1.71. The molecule has 0 unspecified atom stereocenters. The number of halogens is 4. The van der Waals surface area contributed by atoms with Gasteiger partial charge >= 0.3 is 6.18 Å². The molecule has 0 bridgehead atoms. The summed E-state index contributed by atoms with van der Waals surface area (Å²) in [6.45, 7) is 0. The van der Waals surface area contributed by atoms with Crippen molar-refractivity contribution in [2.24, 2.45) is 0 Å². The molecule has 1 aliphatic carbocycles. The van der Waals surface area contributed by atoms with Gasteiger partial charge in [0, 0.05) is 5.92 Å². The summed E-state index contributed by atoms with van der Waals surface area (Å²) in [6, 6.07) is 1.97.